The molecule has 8 heteroatoms. The SMILES string of the molecule is C/C=C/CC[C@H]1CC[C@H](CC(F)(F)OCc2cc(F)c(OC(F)F)c(F)c2)CC1. The average Bonchev–Trinajstić information content (AvgIpc) is 2.64. The number of halogens is 6. The predicted octanol–water partition coefficient (Wildman–Crippen LogP) is 7.23. The first-order chi connectivity index (χ1) is 13.7. The summed E-state index contributed by atoms with van der Waals surface area (Å²) < 4.78 is 88.2. The summed E-state index contributed by atoms with van der Waals surface area (Å²) in [5, 5.41) is 0. The summed E-state index contributed by atoms with van der Waals surface area (Å²) in [4.78, 5) is 0. The largest absolute Gasteiger partial charge is 0.429 e. The van der Waals surface area contributed by atoms with Gasteiger partial charge in [0.05, 0.1) is 6.61 Å². The molecule has 0 saturated heterocycles. The lowest BCUT2D eigenvalue weighted by molar-refractivity contribution is -0.256. The summed E-state index contributed by atoms with van der Waals surface area (Å²) in [5.41, 5.74) is -0.228. The van der Waals surface area contributed by atoms with Crippen molar-refractivity contribution >= 4 is 0 Å². The van der Waals surface area contributed by atoms with Gasteiger partial charge in [0.2, 0.25) is 0 Å². The highest BCUT2D eigenvalue weighted by Gasteiger charge is 2.35. The van der Waals surface area contributed by atoms with Crippen molar-refractivity contribution in [2.24, 2.45) is 11.8 Å². The van der Waals surface area contributed by atoms with Gasteiger partial charge in [-0.1, -0.05) is 25.0 Å². The number of hydrogen-bond acceptors (Lipinski definition) is 2. The highest BCUT2D eigenvalue weighted by molar-refractivity contribution is 5.31. The van der Waals surface area contributed by atoms with Crippen LogP contribution < -0.4 is 4.74 Å². The molecule has 164 valence electrons. The number of hydrogen-bond donors (Lipinski definition) is 0. The van der Waals surface area contributed by atoms with E-state index in [1.165, 1.54) is 0 Å². The smallest absolute Gasteiger partial charge is 0.387 e. The van der Waals surface area contributed by atoms with Crippen LogP contribution in [0.5, 0.6) is 5.75 Å². The molecule has 1 saturated carbocycles. The fraction of sp³-hybridized carbons (Fsp3) is 0.619. The van der Waals surface area contributed by atoms with E-state index in [9.17, 15) is 26.3 Å². The fourth-order valence-corrected chi connectivity index (χ4v) is 3.70. The van der Waals surface area contributed by atoms with Crippen molar-refractivity contribution in [2.45, 2.75) is 71.2 Å². The van der Waals surface area contributed by atoms with E-state index in [4.69, 9.17) is 0 Å². The average molecular weight is 424 g/mol. The lowest BCUT2D eigenvalue weighted by atomic mass is 9.78. The van der Waals surface area contributed by atoms with E-state index in [1.54, 1.807) is 0 Å². The first-order valence-corrected chi connectivity index (χ1v) is 9.76. The first-order valence-electron chi connectivity index (χ1n) is 9.76. The van der Waals surface area contributed by atoms with Gasteiger partial charge in [-0.3, -0.25) is 0 Å². The Morgan fingerprint density at radius 2 is 1.66 bits per heavy atom. The zero-order chi connectivity index (χ0) is 21.4. The fourth-order valence-electron chi connectivity index (χ4n) is 3.70. The minimum atomic E-state index is -3.44. The molecule has 1 aliphatic carbocycles. The molecular formula is C21H26F6O2. The Balaban J connectivity index is 1.83. The van der Waals surface area contributed by atoms with E-state index < -0.39 is 43.1 Å². The van der Waals surface area contributed by atoms with Gasteiger partial charge in [-0.25, -0.2) is 8.78 Å². The van der Waals surface area contributed by atoms with E-state index >= 15 is 0 Å². The minimum Gasteiger partial charge on any atom is -0.429 e. The van der Waals surface area contributed by atoms with Gasteiger partial charge in [0.1, 0.15) is 0 Å². The van der Waals surface area contributed by atoms with Crippen LogP contribution >= 0.6 is 0 Å². The second-order valence-corrected chi connectivity index (χ2v) is 7.43. The standard InChI is InChI=1S/C21H26F6O2/c1-2-3-4-5-14-6-8-15(9-7-14)12-21(26,27)28-13-16-10-17(22)19(18(23)11-16)29-20(24)25/h2-3,10-11,14-15,20H,4-9,12-13H2,1H3/b3-2+/t14-,15-. The second kappa shape index (κ2) is 10.9. The van der Waals surface area contributed by atoms with Gasteiger partial charge in [-0.05, 0) is 62.1 Å². The normalized spacial score (nSPS) is 20.6. The van der Waals surface area contributed by atoms with Crippen molar-refractivity contribution in [1.29, 1.82) is 0 Å². The topological polar surface area (TPSA) is 18.5 Å². The quantitative estimate of drug-likeness (QED) is 0.291. The number of ether oxygens (including phenoxy) is 2. The van der Waals surface area contributed by atoms with Gasteiger partial charge in [-0.2, -0.15) is 17.6 Å². The Kier molecular flexibility index (Phi) is 8.86. The number of alkyl halides is 4. The molecule has 0 aromatic heterocycles. The van der Waals surface area contributed by atoms with Gasteiger partial charge in [0, 0.05) is 6.42 Å². The van der Waals surface area contributed by atoms with Gasteiger partial charge in [0.25, 0.3) is 0 Å². The zero-order valence-corrected chi connectivity index (χ0v) is 16.3. The maximum absolute atomic E-state index is 14.1. The van der Waals surface area contributed by atoms with Gasteiger partial charge < -0.3 is 9.47 Å². The third kappa shape index (κ3) is 7.91. The van der Waals surface area contributed by atoms with Crippen LogP contribution in [0.2, 0.25) is 0 Å². The number of benzene rings is 1. The highest BCUT2D eigenvalue weighted by atomic mass is 19.3. The summed E-state index contributed by atoms with van der Waals surface area (Å²) >= 11 is 0. The van der Waals surface area contributed by atoms with Crippen molar-refractivity contribution in [3.63, 3.8) is 0 Å². The maximum atomic E-state index is 14.1. The lowest BCUT2D eigenvalue weighted by Crippen LogP contribution is -2.27. The molecule has 1 aromatic carbocycles. The monoisotopic (exact) mass is 424 g/mol. The Hall–Kier alpha value is -1.70. The van der Waals surface area contributed by atoms with Crippen LogP contribution in [0, 0.1) is 23.5 Å². The van der Waals surface area contributed by atoms with Crippen LogP contribution in [0.4, 0.5) is 26.3 Å². The van der Waals surface area contributed by atoms with Crippen LogP contribution in [0.3, 0.4) is 0 Å². The van der Waals surface area contributed by atoms with E-state index in [-0.39, 0.29) is 11.5 Å². The first kappa shape index (κ1) is 23.6. The molecule has 0 bridgehead atoms. The summed E-state index contributed by atoms with van der Waals surface area (Å²) in [6.07, 6.45) is 5.48. The summed E-state index contributed by atoms with van der Waals surface area (Å²) in [7, 11) is 0. The zero-order valence-electron chi connectivity index (χ0n) is 16.3. The Morgan fingerprint density at radius 3 is 2.21 bits per heavy atom. The Labute approximate surface area is 166 Å². The second-order valence-electron chi connectivity index (χ2n) is 7.43. The third-order valence-corrected chi connectivity index (χ3v) is 5.18. The molecule has 0 unspecified atom stereocenters. The van der Waals surface area contributed by atoms with Crippen molar-refractivity contribution in [1.82, 2.24) is 0 Å². The molecule has 0 atom stereocenters. The van der Waals surface area contributed by atoms with Gasteiger partial charge in [-0.15, -0.1) is 0 Å². The molecule has 0 amide bonds. The Bertz CT molecular complexity index is 646. The van der Waals surface area contributed by atoms with Gasteiger partial charge >= 0.3 is 12.7 Å². The number of allylic oxidation sites excluding steroid dienone is 2. The molecule has 0 aliphatic heterocycles. The van der Waals surface area contributed by atoms with E-state index in [1.807, 2.05) is 13.0 Å². The molecule has 0 radical (unpaired) electrons. The summed E-state index contributed by atoms with van der Waals surface area (Å²) in [6.45, 7) is -2.18. The molecule has 2 rings (SSSR count). The lowest BCUT2D eigenvalue weighted by Gasteiger charge is -2.30. The maximum Gasteiger partial charge on any atom is 0.387 e. The minimum absolute atomic E-state index is 0.168. The third-order valence-electron chi connectivity index (χ3n) is 5.18. The van der Waals surface area contributed by atoms with Crippen LogP contribution in [-0.4, -0.2) is 12.7 Å². The molecule has 2 nitrogen and oxygen atoms in total. The molecule has 0 spiro atoms. The van der Waals surface area contributed by atoms with Crippen LogP contribution in [0.25, 0.3) is 0 Å². The van der Waals surface area contributed by atoms with Crippen LogP contribution in [0.15, 0.2) is 24.3 Å². The van der Waals surface area contributed by atoms with E-state index in [0.717, 1.165) is 25.7 Å². The van der Waals surface area contributed by atoms with Crippen molar-refractivity contribution < 1.29 is 35.8 Å². The molecule has 0 N–H and O–H groups in total. The molecule has 0 heterocycles. The molecule has 29 heavy (non-hydrogen) atoms. The van der Waals surface area contributed by atoms with E-state index in [0.29, 0.717) is 30.9 Å². The van der Waals surface area contributed by atoms with Gasteiger partial charge in [0.15, 0.2) is 17.4 Å². The van der Waals surface area contributed by atoms with Crippen molar-refractivity contribution in [3.05, 3.63) is 41.5 Å². The molecule has 1 aliphatic rings. The highest BCUT2D eigenvalue weighted by Crippen LogP contribution is 2.38. The van der Waals surface area contributed by atoms with E-state index in [2.05, 4.69) is 15.5 Å². The van der Waals surface area contributed by atoms with Crippen LogP contribution in [0.1, 0.15) is 57.4 Å². The molecule has 1 aromatic rings. The number of rotatable bonds is 10. The summed E-state index contributed by atoms with van der Waals surface area (Å²) in [5.74, 6) is -3.66. The van der Waals surface area contributed by atoms with Crippen molar-refractivity contribution in [2.75, 3.05) is 0 Å². The predicted molar refractivity (Wildman–Crippen MR) is 96.8 cm³/mol. The van der Waals surface area contributed by atoms with Crippen molar-refractivity contribution in [3.8, 4) is 5.75 Å². The summed E-state index contributed by atoms with van der Waals surface area (Å²) in [6, 6.07) is 1.29. The molecular weight excluding hydrogens is 398 g/mol. The van der Waals surface area contributed by atoms with Crippen LogP contribution in [-0.2, 0) is 11.3 Å². The Morgan fingerprint density at radius 1 is 1.07 bits per heavy atom. The molecule has 1 fully saturated rings.